The third-order valence-corrected chi connectivity index (χ3v) is 4.31. The van der Waals surface area contributed by atoms with E-state index in [2.05, 4.69) is 13.8 Å². The van der Waals surface area contributed by atoms with Crippen LogP contribution in [0.25, 0.3) is 0 Å². The predicted octanol–water partition coefficient (Wildman–Crippen LogP) is 1.84. The van der Waals surface area contributed by atoms with Crippen LogP contribution < -0.4 is 0 Å². The summed E-state index contributed by atoms with van der Waals surface area (Å²) in [6.07, 6.45) is 4.64. The molecule has 1 aliphatic carbocycles. The van der Waals surface area contributed by atoms with Crippen LogP contribution in [0.3, 0.4) is 0 Å². The first-order chi connectivity index (χ1) is 7.25. The Morgan fingerprint density at radius 2 is 2.06 bits per heavy atom. The number of aliphatic hydroxyl groups excluding tert-OH is 1. The lowest BCUT2D eigenvalue weighted by molar-refractivity contribution is -0.112. The summed E-state index contributed by atoms with van der Waals surface area (Å²) in [5.74, 6) is 0.0167. The van der Waals surface area contributed by atoms with Gasteiger partial charge >= 0.3 is 0 Å². The zero-order valence-corrected chi connectivity index (χ0v) is 10.4. The molecule has 90 valence electrons. The molecular weight excluding hydrogens is 204 g/mol. The fourth-order valence-electron chi connectivity index (χ4n) is 3.05. The van der Waals surface area contributed by atoms with Crippen molar-refractivity contribution >= 4 is 5.78 Å². The van der Waals surface area contributed by atoms with Gasteiger partial charge in [-0.25, -0.2) is 0 Å². The van der Waals surface area contributed by atoms with E-state index < -0.39 is 17.3 Å². The third-order valence-electron chi connectivity index (χ3n) is 4.31. The third kappa shape index (κ3) is 1.31. The summed E-state index contributed by atoms with van der Waals surface area (Å²) in [5.41, 5.74) is -1.02. The minimum Gasteiger partial charge on any atom is -0.390 e. The highest BCUT2D eigenvalue weighted by Gasteiger charge is 2.76. The summed E-state index contributed by atoms with van der Waals surface area (Å²) >= 11 is 0. The number of hydrogen-bond acceptors (Lipinski definition) is 3. The van der Waals surface area contributed by atoms with E-state index in [1.807, 2.05) is 13.0 Å². The van der Waals surface area contributed by atoms with Crippen molar-refractivity contribution < 1.29 is 14.6 Å². The fourth-order valence-corrected chi connectivity index (χ4v) is 3.05. The Bertz CT molecular complexity index is 358. The lowest BCUT2D eigenvalue weighted by atomic mass is 9.63. The molecule has 16 heavy (non-hydrogen) atoms. The lowest BCUT2D eigenvalue weighted by Crippen LogP contribution is -2.48. The zero-order valence-electron chi connectivity index (χ0n) is 10.4. The summed E-state index contributed by atoms with van der Waals surface area (Å²) in [4.78, 5) is 11.0. The van der Waals surface area contributed by atoms with Gasteiger partial charge in [0.05, 0.1) is 6.10 Å². The number of hydrogen-bond donors (Lipinski definition) is 1. The molecule has 1 N–H and O–H groups in total. The van der Waals surface area contributed by atoms with Gasteiger partial charge in [0.1, 0.15) is 11.2 Å². The molecule has 2 fully saturated rings. The van der Waals surface area contributed by atoms with Gasteiger partial charge in [-0.3, -0.25) is 4.79 Å². The molecular formula is C13H20O3. The van der Waals surface area contributed by atoms with Crippen LogP contribution in [-0.2, 0) is 9.53 Å². The van der Waals surface area contributed by atoms with Gasteiger partial charge in [-0.05, 0) is 38.8 Å². The molecule has 0 unspecified atom stereocenters. The van der Waals surface area contributed by atoms with E-state index in [0.717, 1.165) is 12.8 Å². The number of epoxide rings is 1. The topological polar surface area (TPSA) is 49.8 Å². The molecule has 2 aliphatic rings. The van der Waals surface area contributed by atoms with Crippen LogP contribution in [0.2, 0.25) is 0 Å². The number of allylic oxidation sites excluding steroid dienone is 1. The number of fused-ring (bicyclic) bond motifs is 1. The van der Waals surface area contributed by atoms with E-state index >= 15 is 0 Å². The number of carbonyl (C=O) groups excluding carboxylic acids is 1. The van der Waals surface area contributed by atoms with E-state index in [1.54, 1.807) is 6.08 Å². The molecule has 2 rings (SSSR count). The predicted molar refractivity (Wildman–Crippen MR) is 61.1 cm³/mol. The minimum atomic E-state index is -0.513. The van der Waals surface area contributed by atoms with E-state index in [9.17, 15) is 9.90 Å². The molecule has 1 heterocycles. The van der Waals surface area contributed by atoms with E-state index in [4.69, 9.17) is 4.74 Å². The highest BCUT2D eigenvalue weighted by atomic mass is 16.6. The summed E-state index contributed by atoms with van der Waals surface area (Å²) < 4.78 is 5.84. The molecule has 3 atom stereocenters. The van der Waals surface area contributed by atoms with Gasteiger partial charge in [0, 0.05) is 5.41 Å². The summed E-state index contributed by atoms with van der Waals surface area (Å²) in [6, 6.07) is 0. The van der Waals surface area contributed by atoms with Crippen LogP contribution in [0, 0.1) is 5.41 Å². The van der Waals surface area contributed by atoms with Crippen molar-refractivity contribution in [1.82, 2.24) is 0 Å². The number of aliphatic hydroxyl groups is 1. The van der Waals surface area contributed by atoms with Crippen molar-refractivity contribution in [1.29, 1.82) is 0 Å². The highest BCUT2D eigenvalue weighted by Crippen LogP contribution is 2.65. The Morgan fingerprint density at radius 1 is 1.44 bits per heavy atom. The average Bonchev–Trinajstić information content (AvgIpc) is 2.81. The van der Waals surface area contributed by atoms with E-state index in [-0.39, 0.29) is 11.2 Å². The van der Waals surface area contributed by atoms with Gasteiger partial charge in [0.2, 0.25) is 0 Å². The van der Waals surface area contributed by atoms with Crippen molar-refractivity contribution in [2.75, 3.05) is 0 Å². The smallest absolute Gasteiger partial charge is 0.152 e. The van der Waals surface area contributed by atoms with Gasteiger partial charge in [-0.1, -0.05) is 13.8 Å². The molecule has 0 bridgehead atoms. The standard InChI is InChI=1S/C13H20O3/c1-9(14)5-8-13-11(2,3)7-6-10(15)12(13,4)16-13/h5,8,10,15H,6-7H2,1-4H3/b8-5+/t10-,12-,13+/m0/s1. The van der Waals surface area contributed by atoms with Crippen LogP contribution in [0.15, 0.2) is 12.2 Å². The number of rotatable bonds is 2. The van der Waals surface area contributed by atoms with Gasteiger partial charge in [-0.2, -0.15) is 0 Å². The van der Waals surface area contributed by atoms with Crippen LogP contribution in [0.5, 0.6) is 0 Å². The van der Waals surface area contributed by atoms with Crippen molar-refractivity contribution in [3.05, 3.63) is 12.2 Å². The van der Waals surface area contributed by atoms with Crippen molar-refractivity contribution in [3.8, 4) is 0 Å². The molecule has 3 nitrogen and oxygen atoms in total. The molecule has 0 radical (unpaired) electrons. The molecule has 0 aromatic carbocycles. The maximum atomic E-state index is 11.0. The summed E-state index contributed by atoms with van der Waals surface area (Å²) in [6.45, 7) is 7.73. The first-order valence-electron chi connectivity index (χ1n) is 5.83. The average molecular weight is 224 g/mol. The van der Waals surface area contributed by atoms with Crippen molar-refractivity contribution in [2.24, 2.45) is 5.41 Å². The van der Waals surface area contributed by atoms with Crippen molar-refractivity contribution in [2.45, 2.75) is 57.8 Å². The second-order valence-electron chi connectivity index (χ2n) is 5.83. The number of ether oxygens (including phenoxy) is 1. The van der Waals surface area contributed by atoms with Gasteiger partial charge in [0.15, 0.2) is 5.78 Å². The zero-order chi connectivity index (χ0) is 12.2. The normalized spacial score (nSPS) is 45.4. The van der Waals surface area contributed by atoms with E-state index in [0.29, 0.717) is 0 Å². The molecule has 0 spiro atoms. The maximum absolute atomic E-state index is 11.0. The molecule has 1 aliphatic heterocycles. The van der Waals surface area contributed by atoms with Gasteiger partial charge in [0.25, 0.3) is 0 Å². The monoisotopic (exact) mass is 224 g/mol. The van der Waals surface area contributed by atoms with Crippen LogP contribution >= 0.6 is 0 Å². The van der Waals surface area contributed by atoms with E-state index in [1.165, 1.54) is 6.92 Å². The Kier molecular flexibility index (Phi) is 2.34. The Labute approximate surface area is 96.5 Å². The molecule has 1 saturated heterocycles. The Balaban J connectivity index is 2.34. The fraction of sp³-hybridized carbons (Fsp3) is 0.769. The quantitative estimate of drug-likeness (QED) is 0.575. The Morgan fingerprint density at radius 3 is 2.62 bits per heavy atom. The van der Waals surface area contributed by atoms with Crippen LogP contribution in [-0.4, -0.2) is 28.2 Å². The van der Waals surface area contributed by atoms with Crippen molar-refractivity contribution in [3.63, 3.8) is 0 Å². The molecule has 0 aromatic heterocycles. The molecule has 1 saturated carbocycles. The maximum Gasteiger partial charge on any atom is 0.152 e. The van der Waals surface area contributed by atoms with Crippen LogP contribution in [0.1, 0.15) is 40.5 Å². The second kappa shape index (κ2) is 3.17. The number of carbonyl (C=O) groups is 1. The first kappa shape index (κ1) is 11.8. The Hall–Kier alpha value is -0.670. The highest BCUT2D eigenvalue weighted by molar-refractivity contribution is 5.87. The van der Waals surface area contributed by atoms with Crippen LogP contribution in [0.4, 0.5) is 0 Å². The minimum absolute atomic E-state index is 0.0167. The van der Waals surface area contributed by atoms with Gasteiger partial charge < -0.3 is 9.84 Å². The van der Waals surface area contributed by atoms with Gasteiger partial charge in [-0.15, -0.1) is 0 Å². The second-order valence-corrected chi connectivity index (χ2v) is 5.83. The largest absolute Gasteiger partial charge is 0.390 e. The molecule has 0 aromatic rings. The molecule has 0 amide bonds. The SMILES string of the molecule is CC(=O)/C=C/[C@]12O[C@@]1(C)[C@@H](O)CCC2(C)C. The summed E-state index contributed by atoms with van der Waals surface area (Å²) in [5, 5.41) is 10.00. The molecule has 3 heteroatoms. The lowest BCUT2D eigenvalue weighted by Gasteiger charge is -2.38. The number of ketones is 1. The summed E-state index contributed by atoms with van der Waals surface area (Å²) in [7, 11) is 0. The first-order valence-corrected chi connectivity index (χ1v) is 5.83.